The first-order chi connectivity index (χ1) is 14.6. The fraction of sp³-hybridized carbons (Fsp3) is 0.286. The Bertz CT molecular complexity index is 1050. The Balaban J connectivity index is 1.37. The second kappa shape index (κ2) is 8.58. The first-order valence-corrected chi connectivity index (χ1v) is 10.3. The number of ether oxygens (including phenoxy) is 2. The highest BCUT2D eigenvalue weighted by Gasteiger charge is 2.32. The molecule has 1 aromatic heterocycles. The molecule has 0 radical (unpaired) electrons. The molecule has 8 nitrogen and oxygen atoms in total. The summed E-state index contributed by atoms with van der Waals surface area (Å²) in [7, 11) is 3.12. The molecule has 156 valence electrons. The van der Waals surface area contributed by atoms with Crippen molar-refractivity contribution >= 4 is 39.2 Å². The third-order valence-corrected chi connectivity index (χ3v) is 5.92. The maximum Gasteiger partial charge on any atom is 0.325 e. The van der Waals surface area contributed by atoms with Gasteiger partial charge in [0.1, 0.15) is 23.1 Å². The van der Waals surface area contributed by atoms with Crippen molar-refractivity contribution in [3.05, 3.63) is 47.5 Å². The number of methoxy groups -OCH3 is 2. The number of carbonyl (C=O) groups excluding carboxylic acids is 2. The SMILES string of the molecule is COc1ccc(OC)c(N2CCN(CC(=O)NCc3nc4ccccc4s3)C2=O)c1. The molecule has 0 bridgehead atoms. The van der Waals surface area contributed by atoms with Crippen LogP contribution in [0.4, 0.5) is 10.5 Å². The van der Waals surface area contributed by atoms with Gasteiger partial charge in [-0.1, -0.05) is 12.1 Å². The Morgan fingerprint density at radius 2 is 2.00 bits per heavy atom. The molecular weight excluding hydrogens is 404 g/mol. The summed E-state index contributed by atoms with van der Waals surface area (Å²) in [5.41, 5.74) is 1.54. The minimum atomic E-state index is -0.239. The highest BCUT2D eigenvalue weighted by atomic mass is 32.1. The molecule has 1 saturated heterocycles. The van der Waals surface area contributed by atoms with Crippen LogP contribution >= 0.6 is 11.3 Å². The third-order valence-electron chi connectivity index (χ3n) is 4.88. The van der Waals surface area contributed by atoms with E-state index in [2.05, 4.69) is 10.3 Å². The Kier molecular flexibility index (Phi) is 5.71. The molecule has 1 fully saturated rings. The molecule has 0 atom stereocenters. The minimum Gasteiger partial charge on any atom is -0.497 e. The van der Waals surface area contributed by atoms with Gasteiger partial charge in [0, 0.05) is 19.2 Å². The van der Waals surface area contributed by atoms with E-state index in [4.69, 9.17) is 9.47 Å². The van der Waals surface area contributed by atoms with Crippen LogP contribution in [0, 0.1) is 0 Å². The van der Waals surface area contributed by atoms with Crippen LogP contribution in [0.15, 0.2) is 42.5 Å². The van der Waals surface area contributed by atoms with Gasteiger partial charge in [0.2, 0.25) is 5.91 Å². The number of para-hydroxylation sites is 1. The molecule has 3 aromatic rings. The van der Waals surface area contributed by atoms with Crippen LogP contribution in [-0.2, 0) is 11.3 Å². The summed E-state index contributed by atoms with van der Waals surface area (Å²) in [5.74, 6) is 0.985. The van der Waals surface area contributed by atoms with Gasteiger partial charge in [-0.05, 0) is 24.3 Å². The zero-order valence-corrected chi connectivity index (χ0v) is 17.6. The smallest absolute Gasteiger partial charge is 0.325 e. The van der Waals surface area contributed by atoms with E-state index in [1.807, 2.05) is 24.3 Å². The lowest BCUT2D eigenvalue weighted by atomic mass is 10.2. The summed E-state index contributed by atoms with van der Waals surface area (Å²) in [5, 5.41) is 3.69. The van der Waals surface area contributed by atoms with Gasteiger partial charge in [0.15, 0.2) is 0 Å². The third kappa shape index (κ3) is 4.02. The van der Waals surface area contributed by atoms with E-state index in [1.54, 1.807) is 48.7 Å². The topological polar surface area (TPSA) is 84.0 Å². The van der Waals surface area contributed by atoms with Crippen LogP contribution in [0.2, 0.25) is 0 Å². The number of rotatable bonds is 7. The number of thiazole rings is 1. The summed E-state index contributed by atoms with van der Waals surface area (Å²) < 4.78 is 11.7. The van der Waals surface area contributed by atoms with Crippen LogP contribution in [0.25, 0.3) is 10.2 Å². The summed E-state index contributed by atoms with van der Waals surface area (Å²) in [6.07, 6.45) is 0. The lowest BCUT2D eigenvalue weighted by Gasteiger charge is -2.21. The van der Waals surface area contributed by atoms with Crippen molar-refractivity contribution in [1.29, 1.82) is 0 Å². The van der Waals surface area contributed by atoms with Crippen LogP contribution in [0.5, 0.6) is 11.5 Å². The summed E-state index contributed by atoms with van der Waals surface area (Å²) in [6.45, 7) is 1.25. The lowest BCUT2D eigenvalue weighted by molar-refractivity contribution is -0.121. The molecule has 30 heavy (non-hydrogen) atoms. The summed E-state index contributed by atoms with van der Waals surface area (Å²) in [6, 6.07) is 12.9. The molecule has 1 aliphatic rings. The van der Waals surface area contributed by atoms with Gasteiger partial charge in [-0.25, -0.2) is 9.78 Å². The molecule has 0 spiro atoms. The molecule has 0 aliphatic carbocycles. The molecular formula is C21H22N4O4S. The normalized spacial score (nSPS) is 13.7. The first-order valence-electron chi connectivity index (χ1n) is 9.48. The number of fused-ring (bicyclic) bond motifs is 1. The van der Waals surface area contributed by atoms with Crippen LogP contribution in [-0.4, -0.2) is 55.7 Å². The number of amides is 3. The number of anilines is 1. The summed E-state index contributed by atoms with van der Waals surface area (Å²) >= 11 is 1.55. The molecule has 2 heterocycles. The largest absolute Gasteiger partial charge is 0.497 e. The quantitative estimate of drug-likeness (QED) is 0.628. The van der Waals surface area contributed by atoms with Crippen molar-refractivity contribution in [2.75, 3.05) is 38.8 Å². The standard InChI is InChI=1S/C21H22N4O4S/c1-28-14-7-8-17(29-2)16(11-14)25-10-9-24(21(25)27)13-19(26)22-12-20-23-15-5-3-4-6-18(15)30-20/h3-8,11H,9-10,12-13H2,1-2H3,(H,22,26). The van der Waals surface area contributed by atoms with Gasteiger partial charge in [0.05, 0.1) is 36.7 Å². The number of carbonyl (C=O) groups is 2. The number of benzene rings is 2. The minimum absolute atomic E-state index is 0.00743. The monoisotopic (exact) mass is 426 g/mol. The van der Waals surface area contributed by atoms with Gasteiger partial charge in [0.25, 0.3) is 0 Å². The molecule has 4 rings (SSSR count). The van der Waals surface area contributed by atoms with E-state index >= 15 is 0 Å². The van der Waals surface area contributed by atoms with Crippen molar-refractivity contribution in [1.82, 2.24) is 15.2 Å². The lowest BCUT2D eigenvalue weighted by Crippen LogP contribution is -2.39. The predicted molar refractivity (Wildman–Crippen MR) is 115 cm³/mol. The van der Waals surface area contributed by atoms with E-state index in [0.29, 0.717) is 36.8 Å². The number of hydrogen-bond donors (Lipinski definition) is 1. The van der Waals surface area contributed by atoms with E-state index in [9.17, 15) is 9.59 Å². The van der Waals surface area contributed by atoms with Crippen molar-refractivity contribution in [2.45, 2.75) is 6.54 Å². The second-order valence-electron chi connectivity index (χ2n) is 6.75. The van der Waals surface area contributed by atoms with Gasteiger partial charge in [-0.15, -0.1) is 11.3 Å². The highest BCUT2D eigenvalue weighted by molar-refractivity contribution is 7.18. The molecule has 9 heteroatoms. The molecule has 0 saturated carbocycles. The molecule has 1 N–H and O–H groups in total. The second-order valence-corrected chi connectivity index (χ2v) is 7.86. The van der Waals surface area contributed by atoms with Crippen LogP contribution in [0.3, 0.4) is 0 Å². The zero-order chi connectivity index (χ0) is 21.1. The predicted octanol–water partition coefficient (Wildman–Crippen LogP) is 2.87. The number of aromatic nitrogens is 1. The van der Waals surface area contributed by atoms with Gasteiger partial charge in [-0.2, -0.15) is 0 Å². The molecule has 0 unspecified atom stereocenters. The van der Waals surface area contributed by atoms with Crippen molar-refractivity contribution in [2.24, 2.45) is 0 Å². The Hall–Kier alpha value is -3.33. The maximum atomic E-state index is 12.9. The highest BCUT2D eigenvalue weighted by Crippen LogP contribution is 2.34. The molecule has 3 amide bonds. The number of hydrogen-bond acceptors (Lipinski definition) is 6. The van der Waals surface area contributed by atoms with Crippen LogP contribution < -0.4 is 19.7 Å². The average molecular weight is 426 g/mol. The number of nitrogens with zero attached hydrogens (tertiary/aromatic N) is 3. The van der Waals surface area contributed by atoms with Crippen LogP contribution in [0.1, 0.15) is 5.01 Å². The molecule has 2 aromatic carbocycles. The maximum absolute atomic E-state index is 12.9. The fourth-order valence-corrected chi connectivity index (χ4v) is 4.27. The van der Waals surface area contributed by atoms with Crippen molar-refractivity contribution in [3.63, 3.8) is 0 Å². The summed E-state index contributed by atoms with van der Waals surface area (Å²) in [4.78, 5) is 32.9. The van der Waals surface area contributed by atoms with Crippen molar-refractivity contribution < 1.29 is 19.1 Å². The van der Waals surface area contributed by atoms with Gasteiger partial charge in [-0.3, -0.25) is 9.69 Å². The van der Waals surface area contributed by atoms with E-state index in [0.717, 1.165) is 15.2 Å². The van der Waals surface area contributed by atoms with E-state index in [-0.39, 0.29) is 18.5 Å². The first kappa shape index (κ1) is 20.0. The van der Waals surface area contributed by atoms with Gasteiger partial charge < -0.3 is 19.7 Å². The average Bonchev–Trinajstić information content (AvgIpc) is 3.35. The Labute approximate surface area is 178 Å². The zero-order valence-electron chi connectivity index (χ0n) is 16.8. The Morgan fingerprint density at radius 3 is 2.77 bits per heavy atom. The number of nitrogens with one attached hydrogen (secondary N) is 1. The van der Waals surface area contributed by atoms with Crippen molar-refractivity contribution in [3.8, 4) is 11.5 Å². The van der Waals surface area contributed by atoms with E-state index in [1.165, 1.54) is 4.90 Å². The molecule has 1 aliphatic heterocycles. The van der Waals surface area contributed by atoms with E-state index < -0.39 is 0 Å². The van der Waals surface area contributed by atoms with Gasteiger partial charge >= 0.3 is 6.03 Å². The fourth-order valence-electron chi connectivity index (χ4n) is 3.36. The number of urea groups is 1. The Morgan fingerprint density at radius 1 is 1.17 bits per heavy atom.